The first-order valence-electron chi connectivity index (χ1n) is 6.98. The van der Waals surface area contributed by atoms with E-state index in [0.717, 1.165) is 32.5 Å². The largest absolute Gasteiger partial charge is 0.314 e. The molecule has 0 aromatic rings. The fraction of sp³-hybridized carbons (Fsp3) is 1.00. The van der Waals surface area contributed by atoms with Crippen LogP contribution >= 0.6 is 0 Å². The lowest BCUT2D eigenvalue weighted by molar-refractivity contribution is 0.119. The first-order valence-corrected chi connectivity index (χ1v) is 9.04. The van der Waals surface area contributed by atoms with Crippen LogP contribution in [0.15, 0.2) is 0 Å². The minimum absolute atomic E-state index is 0.134. The van der Waals surface area contributed by atoms with E-state index in [-0.39, 0.29) is 11.8 Å². The highest BCUT2D eigenvalue weighted by Gasteiger charge is 2.28. The van der Waals surface area contributed by atoms with Crippen LogP contribution in [-0.4, -0.2) is 57.0 Å². The zero-order chi connectivity index (χ0) is 13.8. The molecule has 3 unspecified atom stereocenters. The second-order valence-corrected chi connectivity index (χ2v) is 7.95. The van der Waals surface area contributed by atoms with Crippen LogP contribution in [0.25, 0.3) is 0 Å². The molecule has 3 atom stereocenters. The Labute approximate surface area is 112 Å². The molecule has 1 heterocycles. The number of likely N-dealkylation sites (tertiary alicyclic amines) is 1. The number of rotatable bonds is 6. The molecular weight excluding hydrogens is 248 g/mol. The zero-order valence-electron chi connectivity index (χ0n) is 12.1. The van der Waals surface area contributed by atoms with Crippen LogP contribution in [0.2, 0.25) is 0 Å². The molecule has 0 radical (unpaired) electrons. The summed E-state index contributed by atoms with van der Waals surface area (Å²) in [5.74, 6) is 0.861. The van der Waals surface area contributed by atoms with Crippen molar-refractivity contribution < 1.29 is 8.42 Å². The Morgan fingerprint density at radius 3 is 2.61 bits per heavy atom. The van der Waals surface area contributed by atoms with Gasteiger partial charge < -0.3 is 5.32 Å². The molecule has 0 aromatic carbocycles. The molecule has 18 heavy (non-hydrogen) atoms. The third-order valence-electron chi connectivity index (χ3n) is 3.76. The second kappa shape index (κ2) is 6.87. The lowest BCUT2D eigenvalue weighted by atomic mass is 9.93. The average molecular weight is 276 g/mol. The predicted octanol–water partition coefficient (Wildman–Crippen LogP) is 1.13. The van der Waals surface area contributed by atoms with E-state index in [9.17, 15) is 8.42 Å². The minimum atomic E-state index is -2.88. The van der Waals surface area contributed by atoms with Gasteiger partial charge in [0.1, 0.15) is 9.84 Å². The number of nitrogens with one attached hydrogen (secondary N) is 1. The normalized spacial score (nSPS) is 28.2. The van der Waals surface area contributed by atoms with Crippen molar-refractivity contribution in [1.29, 1.82) is 0 Å². The maximum absolute atomic E-state index is 11.3. The summed E-state index contributed by atoms with van der Waals surface area (Å²) in [6.45, 7) is 9.54. The number of nitrogens with zero attached hydrogens (tertiary/aromatic N) is 1. The van der Waals surface area contributed by atoms with Crippen molar-refractivity contribution in [3.05, 3.63) is 0 Å². The molecule has 0 aromatic heterocycles. The van der Waals surface area contributed by atoms with Crippen LogP contribution in [0.1, 0.15) is 33.6 Å². The lowest BCUT2D eigenvalue weighted by Gasteiger charge is -2.40. The molecule has 0 bridgehead atoms. The standard InChI is InChI=1S/C13H28N2O2S/c1-5-7-14-13-6-8-15(9-11(13)2)12(3)10-18(4,16)17/h11-14H,5-10H2,1-4H3. The molecule has 0 amide bonds. The molecule has 1 rings (SSSR count). The van der Waals surface area contributed by atoms with Gasteiger partial charge in [0.05, 0.1) is 5.75 Å². The van der Waals surface area contributed by atoms with E-state index in [0.29, 0.717) is 12.0 Å². The molecule has 5 heteroatoms. The van der Waals surface area contributed by atoms with Gasteiger partial charge in [0.25, 0.3) is 0 Å². The predicted molar refractivity (Wildman–Crippen MR) is 76.6 cm³/mol. The van der Waals surface area contributed by atoms with Gasteiger partial charge in [-0.15, -0.1) is 0 Å². The third kappa shape index (κ3) is 5.24. The molecule has 1 fully saturated rings. The number of hydrogen-bond acceptors (Lipinski definition) is 4. The van der Waals surface area contributed by atoms with Crippen LogP contribution in [-0.2, 0) is 9.84 Å². The van der Waals surface area contributed by atoms with Crippen LogP contribution < -0.4 is 5.32 Å². The SMILES string of the molecule is CCCNC1CCN(C(C)CS(C)(=O)=O)CC1C. The van der Waals surface area contributed by atoms with Crippen molar-refractivity contribution in [1.82, 2.24) is 10.2 Å². The van der Waals surface area contributed by atoms with E-state index in [1.165, 1.54) is 6.26 Å². The highest BCUT2D eigenvalue weighted by atomic mass is 32.2. The highest BCUT2D eigenvalue weighted by molar-refractivity contribution is 7.90. The molecule has 108 valence electrons. The van der Waals surface area contributed by atoms with E-state index in [1.54, 1.807) is 0 Å². The van der Waals surface area contributed by atoms with Crippen LogP contribution in [0, 0.1) is 5.92 Å². The van der Waals surface area contributed by atoms with Crippen LogP contribution in [0.5, 0.6) is 0 Å². The fourth-order valence-electron chi connectivity index (χ4n) is 2.75. The fourth-order valence-corrected chi connectivity index (χ4v) is 3.84. The molecule has 1 saturated heterocycles. The number of piperidine rings is 1. The molecular formula is C13H28N2O2S. The molecule has 4 nitrogen and oxygen atoms in total. The molecule has 0 spiro atoms. The Morgan fingerprint density at radius 2 is 2.11 bits per heavy atom. The molecule has 1 aliphatic heterocycles. The topological polar surface area (TPSA) is 49.4 Å². The van der Waals surface area contributed by atoms with Crippen molar-refractivity contribution in [3.63, 3.8) is 0 Å². The molecule has 0 saturated carbocycles. The van der Waals surface area contributed by atoms with Crippen molar-refractivity contribution in [2.45, 2.75) is 45.7 Å². The summed E-state index contributed by atoms with van der Waals surface area (Å²) in [7, 11) is -2.88. The molecule has 1 aliphatic rings. The maximum Gasteiger partial charge on any atom is 0.148 e. The Kier molecular flexibility index (Phi) is 6.08. The Balaban J connectivity index is 2.45. The number of hydrogen-bond donors (Lipinski definition) is 1. The summed E-state index contributed by atoms with van der Waals surface area (Å²) in [4.78, 5) is 2.32. The molecule has 1 N–H and O–H groups in total. The van der Waals surface area contributed by atoms with Crippen molar-refractivity contribution >= 4 is 9.84 Å². The summed E-state index contributed by atoms with van der Waals surface area (Å²) in [6.07, 6.45) is 3.61. The van der Waals surface area contributed by atoms with Gasteiger partial charge in [0, 0.05) is 24.9 Å². The van der Waals surface area contributed by atoms with E-state index in [2.05, 4.69) is 24.1 Å². The Bertz CT molecular complexity index is 343. The summed E-state index contributed by atoms with van der Waals surface area (Å²) in [6, 6.07) is 0.723. The third-order valence-corrected chi connectivity index (χ3v) is 4.85. The average Bonchev–Trinajstić information content (AvgIpc) is 2.25. The highest BCUT2D eigenvalue weighted by Crippen LogP contribution is 2.19. The lowest BCUT2D eigenvalue weighted by Crippen LogP contribution is -2.52. The van der Waals surface area contributed by atoms with E-state index in [4.69, 9.17) is 0 Å². The zero-order valence-corrected chi connectivity index (χ0v) is 13.0. The van der Waals surface area contributed by atoms with Crippen molar-refractivity contribution in [2.75, 3.05) is 31.6 Å². The van der Waals surface area contributed by atoms with Gasteiger partial charge in [0.15, 0.2) is 0 Å². The van der Waals surface area contributed by atoms with Crippen molar-refractivity contribution in [3.8, 4) is 0 Å². The van der Waals surface area contributed by atoms with Gasteiger partial charge in [-0.3, -0.25) is 4.90 Å². The summed E-state index contributed by atoms with van der Waals surface area (Å²) in [5, 5.41) is 3.58. The van der Waals surface area contributed by atoms with Gasteiger partial charge in [0.2, 0.25) is 0 Å². The van der Waals surface area contributed by atoms with E-state index >= 15 is 0 Å². The Morgan fingerprint density at radius 1 is 1.44 bits per heavy atom. The first kappa shape index (κ1) is 15.9. The summed E-state index contributed by atoms with van der Waals surface area (Å²) in [5.41, 5.74) is 0. The monoisotopic (exact) mass is 276 g/mol. The molecule has 0 aliphatic carbocycles. The quantitative estimate of drug-likeness (QED) is 0.790. The van der Waals surface area contributed by atoms with Gasteiger partial charge in [-0.05, 0) is 38.8 Å². The van der Waals surface area contributed by atoms with E-state index < -0.39 is 9.84 Å². The van der Waals surface area contributed by atoms with Gasteiger partial charge >= 0.3 is 0 Å². The summed E-state index contributed by atoms with van der Waals surface area (Å²) >= 11 is 0. The van der Waals surface area contributed by atoms with Crippen LogP contribution in [0.3, 0.4) is 0 Å². The second-order valence-electron chi connectivity index (χ2n) is 5.76. The van der Waals surface area contributed by atoms with Gasteiger partial charge in [-0.25, -0.2) is 8.42 Å². The maximum atomic E-state index is 11.3. The van der Waals surface area contributed by atoms with Crippen molar-refractivity contribution in [2.24, 2.45) is 5.92 Å². The van der Waals surface area contributed by atoms with Crippen LogP contribution in [0.4, 0.5) is 0 Å². The van der Waals surface area contributed by atoms with E-state index in [1.807, 2.05) is 6.92 Å². The Hall–Kier alpha value is -0.130. The smallest absolute Gasteiger partial charge is 0.148 e. The first-order chi connectivity index (χ1) is 8.33. The summed E-state index contributed by atoms with van der Waals surface area (Å²) < 4.78 is 22.7. The van der Waals surface area contributed by atoms with Gasteiger partial charge in [-0.2, -0.15) is 0 Å². The van der Waals surface area contributed by atoms with Gasteiger partial charge in [-0.1, -0.05) is 13.8 Å². The minimum Gasteiger partial charge on any atom is -0.314 e. The number of sulfone groups is 1.